The molecule has 3 heterocycles. The second-order valence-corrected chi connectivity index (χ2v) is 9.33. The van der Waals surface area contributed by atoms with Crippen LogP contribution in [-0.2, 0) is 23.2 Å². The van der Waals surface area contributed by atoms with Crippen molar-refractivity contribution >= 4 is 5.91 Å². The Hall–Kier alpha value is -2.99. The van der Waals surface area contributed by atoms with Gasteiger partial charge in [-0.3, -0.25) is 9.69 Å². The van der Waals surface area contributed by atoms with E-state index in [-0.39, 0.29) is 17.2 Å². The highest BCUT2D eigenvalue weighted by molar-refractivity contribution is 5.79. The van der Waals surface area contributed by atoms with Gasteiger partial charge >= 0.3 is 0 Å². The lowest BCUT2D eigenvalue weighted by atomic mass is 9.72. The van der Waals surface area contributed by atoms with E-state index in [1.54, 1.807) is 0 Å². The molecule has 0 radical (unpaired) electrons. The number of nitrogens with zero attached hydrogens (tertiary/aromatic N) is 4. The third kappa shape index (κ3) is 3.95. The van der Waals surface area contributed by atoms with E-state index in [0.29, 0.717) is 12.3 Å². The molecule has 166 valence electrons. The van der Waals surface area contributed by atoms with Crippen LogP contribution in [0, 0.1) is 19.8 Å². The number of carbonyl (C=O) groups excluding carboxylic acids is 1. The largest absolute Gasteiger partial charge is 0.425 e. The monoisotopic (exact) mass is 430 g/mol. The van der Waals surface area contributed by atoms with Gasteiger partial charge in [-0.15, -0.1) is 10.2 Å². The van der Waals surface area contributed by atoms with E-state index >= 15 is 0 Å². The van der Waals surface area contributed by atoms with Gasteiger partial charge in [-0.05, 0) is 30.0 Å². The first-order chi connectivity index (χ1) is 15.5. The molecule has 32 heavy (non-hydrogen) atoms. The number of carbonyl (C=O) groups is 1. The van der Waals surface area contributed by atoms with Crippen molar-refractivity contribution in [3.05, 3.63) is 83.1 Å². The minimum absolute atomic E-state index is 0.185. The molecule has 2 fully saturated rings. The van der Waals surface area contributed by atoms with Gasteiger partial charge in [0, 0.05) is 45.6 Å². The van der Waals surface area contributed by atoms with Crippen molar-refractivity contribution in [2.45, 2.75) is 38.6 Å². The molecule has 1 aromatic heterocycles. The van der Waals surface area contributed by atoms with E-state index in [9.17, 15) is 4.79 Å². The Morgan fingerprint density at radius 1 is 1.06 bits per heavy atom. The molecule has 0 saturated carbocycles. The highest BCUT2D eigenvalue weighted by atomic mass is 16.4. The molecule has 0 unspecified atom stereocenters. The lowest BCUT2D eigenvalue weighted by molar-refractivity contribution is -0.133. The molecule has 0 bridgehead atoms. The first-order valence-corrected chi connectivity index (χ1v) is 11.4. The zero-order valence-corrected chi connectivity index (χ0v) is 18.8. The zero-order valence-electron chi connectivity index (χ0n) is 18.8. The number of rotatable bonds is 5. The fraction of sp³-hybridized carbons (Fsp3) is 0.423. The van der Waals surface area contributed by atoms with E-state index in [1.165, 1.54) is 11.1 Å². The molecule has 0 aliphatic carbocycles. The summed E-state index contributed by atoms with van der Waals surface area (Å²) in [4.78, 5) is 17.7. The molecule has 0 N–H and O–H groups in total. The maximum atomic E-state index is 13.2. The molecule has 3 aromatic rings. The average Bonchev–Trinajstić information content (AvgIpc) is 3.39. The van der Waals surface area contributed by atoms with Crippen LogP contribution in [-0.4, -0.2) is 52.1 Å². The van der Waals surface area contributed by atoms with Crippen LogP contribution < -0.4 is 0 Å². The quantitative estimate of drug-likeness (QED) is 0.620. The third-order valence-electron chi connectivity index (χ3n) is 7.19. The second kappa shape index (κ2) is 8.51. The van der Waals surface area contributed by atoms with E-state index in [0.717, 1.165) is 50.6 Å². The van der Waals surface area contributed by atoms with Crippen LogP contribution in [0.4, 0.5) is 0 Å². The Morgan fingerprint density at radius 2 is 1.84 bits per heavy atom. The number of piperidine rings is 1. The van der Waals surface area contributed by atoms with Crippen LogP contribution in [0.2, 0.25) is 0 Å². The summed E-state index contributed by atoms with van der Waals surface area (Å²) in [5.41, 5.74) is 3.40. The molecular weight excluding hydrogens is 400 g/mol. The summed E-state index contributed by atoms with van der Waals surface area (Å²) in [5, 5.41) is 8.58. The summed E-state index contributed by atoms with van der Waals surface area (Å²) in [6.07, 6.45) is 1.31. The number of aromatic nitrogens is 2. The van der Waals surface area contributed by atoms with Gasteiger partial charge in [0.05, 0.1) is 11.8 Å². The van der Waals surface area contributed by atoms with E-state index in [1.807, 2.05) is 30.0 Å². The summed E-state index contributed by atoms with van der Waals surface area (Å²) >= 11 is 0. The van der Waals surface area contributed by atoms with Gasteiger partial charge in [0.15, 0.2) is 0 Å². The molecule has 2 aromatic carbocycles. The van der Waals surface area contributed by atoms with Gasteiger partial charge in [-0.25, -0.2) is 0 Å². The van der Waals surface area contributed by atoms with Crippen LogP contribution in [0.25, 0.3) is 0 Å². The van der Waals surface area contributed by atoms with E-state index in [2.05, 4.69) is 58.4 Å². The molecule has 6 heteroatoms. The number of hydrogen-bond donors (Lipinski definition) is 0. The molecule has 2 aliphatic rings. The Labute approximate surface area is 189 Å². The lowest BCUT2D eigenvalue weighted by Crippen LogP contribution is -2.51. The van der Waals surface area contributed by atoms with Crippen molar-refractivity contribution < 1.29 is 9.21 Å². The smallest absolute Gasteiger partial charge is 0.227 e. The van der Waals surface area contributed by atoms with Crippen LogP contribution in [0.5, 0.6) is 0 Å². The van der Waals surface area contributed by atoms with Crippen LogP contribution in [0.3, 0.4) is 0 Å². The molecule has 5 rings (SSSR count). The minimum Gasteiger partial charge on any atom is -0.425 e. The normalized spacial score (nSPS) is 23.3. The average molecular weight is 431 g/mol. The van der Waals surface area contributed by atoms with Crippen LogP contribution in [0.15, 0.2) is 59.0 Å². The molecule has 2 atom stereocenters. The fourth-order valence-electron chi connectivity index (χ4n) is 5.41. The Bertz CT molecular complexity index is 1100. The van der Waals surface area contributed by atoms with Crippen molar-refractivity contribution in [3.63, 3.8) is 0 Å². The lowest BCUT2D eigenvalue weighted by Gasteiger charge is -2.41. The number of hydrogen-bond acceptors (Lipinski definition) is 5. The summed E-state index contributed by atoms with van der Waals surface area (Å²) in [6, 6.07) is 18.7. The first kappa shape index (κ1) is 20.9. The molecule has 2 aliphatic heterocycles. The predicted molar refractivity (Wildman–Crippen MR) is 122 cm³/mol. The van der Waals surface area contributed by atoms with Crippen molar-refractivity contribution in [1.82, 2.24) is 20.0 Å². The van der Waals surface area contributed by atoms with Gasteiger partial charge in [0.25, 0.3) is 0 Å². The molecule has 2 saturated heterocycles. The number of likely N-dealkylation sites (tertiary alicyclic amines) is 2. The van der Waals surface area contributed by atoms with Gasteiger partial charge in [0.2, 0.25) is 17.7 Å². The number of fused-ring (bicyclic) bond motifs is 1. The topological polar surface area (TPSA) is 62.5 Å². The van der Waals surface area contributed by atoms with Crippen molar-refractivity contribution in [2.75, 3.05) is 26.2 Å². The first-order valence-electron chi connectivity index (χ1n) is 11.4. The third-order valence-corrected chi connectivity index (χ3v) is 7.19. The maximum Gasteiger partial charge on any atom is 0.227 e. The maximum absolute atomic E-state index is 13.2. The standard InChI is InChI=1S/C26H30N4O2/c1-19-8-6-7-11-22(19)14-24(31)30-13-12-26(25-28-27-20(2)32-25)18-29(16-23(26)17-30)15-21-9-4-3-5-10-21/h3-11,23H,12-18H2,1-2H3/t23-,26+/m1/s1. The van der Waals surface area contributed by atoms with E-state index < -0.39 is 0 Å². The predicted octanol–water partition coefficient (Wildman–Crippen LogP) is 3.53. The van der Waals surface area contributed by atoms with Gasteiger partial charge in [-0.2, -0.15) is 0 Å². The summed E-state index contributed by atoms with van der Waals surface area (Å²) in [5.74, 6) is 1.83. The van der Waals surface area contributed by atoms with Gasteiger partial charge < -0.3 is 9.32 Å². The number of amides is 1. The Kier molecular flexibility index (Phi) is 5.55. The summed E-state index contributed by atoms with van der Waals surface area (Å²) < 4.78 is 5.98. The Balaban J connectivity index is 1.36. The SMILES string of the molecule is Cc1nnc([C@]23CCN(C(=O)Cc4ccccc4C)C[C@H]2CN(Cc2ccccc2)C3)o1. The van der Waals surface area contributed by atoms with Crippen LogP contribution in [0.1, 0.15) is 34.9 Å². The van der Waals surface area contributed by atoms with Gasteiger partial charge in [-0.1, -0.05) is 54.6 Å². The van der Waals surface area contributed by atoms with Gasteiger partial charge in [0.1, 0.15) is 0 Å². The highest BCUT2D eigenvalue weighted by Crippen LogP contribution is 2.45. The zero-order chi connectivity index (χ0) is 22.1. The second-order valence-electron chi connectivity index (χ2n) is 9.33. The highest BCUT2D eigenvalue weighted by Gasteiger charge is 2.54. The molecule has 0 spiro atoms. The molecule has 1 amide bonds. The Morgan fingerprint density at radius 3 is 2.59 bits per heavy atom. The summed E-state index contributed by atoms with van der Waals surface area (Å²) in [6.45, 7) is 8.07. The fourth-order valence-corrected chi connectivity index (χ4v) is 5.41. The van der Waals surface area contributed by atoms with Crippen LogP contribution >= 0.6 is 0 Å². The van der Waals surface area contributed by atoms with Crippen molar-refractivity contribution in [3.8, 4) is 0 Å². The number of aryl methyl sites for hydroxylation is 2. The number of benzene rings is 2. The van der Waals surface area contributed by atoms with Crippen molar-refractivity contribution in [1.29, 1.82) is 0 Å². The molecule has 6 nitrogen and oxygen atoms in total. The van der Waals surface area contributed by atoms with E-state index in [4.69, 9.17) is 4.42 Å². The van der Waals surface area contributed by atoms with Crippen molar-refractivity contribution in [2.24, 2.45) is 5.92 Å². The molecular formula is C26H30N4O2. The minimum atomic E-state index is -0.185. The summed E-state index contributed by atoms with van der Waals surface area (Å²) in [7, 11) is 0.